The Labute approximate surface area is 144 Å². The maximum Gasteiger partial charge on any atom is 0.573 e. The standard InChI is InChI=1S/C18H11F3O5/c1-10-8-16(22)25-15-9-13(6-7-14(10)15)24-17(23)11-2-4-12(5-3-11)26-18(19,20)21/h2-9H,1H3. The van der Waals surface area contributed by atoms with Crippen LogP contribution in [0.1, 0.15) is 15.9 Å². The molecule has 3 rings (SSSR count). The number of fused-ring (bicyclic) bond motifs is 1. The zero-order valence-electron chi connectivity index (χ0n) is 13.3. The molecular weight excluding hydrogens is 353 g/mol. The quantitative estimate of drug-likeness (QED) is 0.396. The molecule has 8 heteroatoms. The molecular formula is C18H11F3O5. The van der Waals surface area contributed by atoms with Crippen molar-refractivity contribution in [1.29, 1.82) is 0 Å². The smallest absolute Gasteiger partial charge is 0.423 e. The second-order valence-electron chi connectivity index (χ2n) is 5.37. The Bertz CT molecular complexity index is 1020. The van der Waals surface area contributed by atoms with Crippen LogP contribution in [0.4, 0.5) is 13.2 Å². The zero-order chi connectivity index (χ0) is 18.9. The van der Waals surface area contributed by atoms with Crippen LogP contribution in [0.15, 0.2) is 57.7 Å². The van der Waals surface area contributed by atoms with Gasteiger partial charge in [-0.25, -0.2) is 9.59 Å². The van der Waals surface area contributed by atoms with Gasteiger partial charge in [-0.3, -0.25) is 0 Å². The van der Waals surface area contributed by atoms with E-state index in [0.29, 0.717) is 5.39 Å². The monoisotopic (exact) mass is 364 g/mol. The van der Waals surface area contributed by atoms with Crippen molar-refractivity contribution in [1.82, 2.24) is 0 Å². The van der Waals surface area contributed by atoms with Gasteiger partial charge in [-0.2, -0.15) is 0 Å². The minimum absolute atomic E-state index is 0.0327. The van der Waals surface area contributed by atoms with E-state index in [1.807, 2.05) is 0 Å². The zero-order valence-corrected chi connectivity index (χ0v) is 13.3. The maximum absolute atomic E-state index is 12.1. The van der Waals surface area contributed by atoms with Crippen LogP contribution in [0, 0.1) is 6.92 Å². The average Bonchev–Trinajstić information content (AvgIpc) is 2.53. The number of benzene rings is 2. The number of hydrogen-bond acceptors (Lipinski definition) is 5. The van der Waals surface area contributed by atoms with Gasteiger partial charge in [0, 0.05) is 17.5 Å². The molecule has 0 amide bonds. The Kier molecular flexibility index (Phi) is 4.41. The first-order valence-corrected chi connectivity index (χ1v) is 7.34. The first kappa shape index (κ1) is 17.5. The van der Waals surface area contributed by atoms with E-state index in [0.717, 1.165) is 29.8 Å². The molecule has 0 aliphatic rings. The summed E-state index contributed by atoms with van der Waals surface area (Å²) in [7, 11) is 0. The normalized spacial score (nSPS) is 11.4. The summed E-state index contributed by atoms with van der Waals surface area (Å²) in [5.74, 6) is -1.10. The third kappa shape index (κ3) is 4.02. The first-order valence-electron chi connectivity index (χ1n) is 7.34. The van der Waals surface area contributed by atoms with Gasteiger partial charge in [-0.05, 0) is 48.9 Å². The van der Waals surface area contributed by atoms with Crippen molar-refractivity contribution in [3.05, 3.63) is 70.1 Å². The summed E-state index contributed by atoms with van der Waals surface area (Å²) in [5, 5.41) is 0.693. The van der Waals surface area contributed by atoms with Crippen LogP contribution in [0.5, 0.6) is 11.5 Å². The van der Waals surface area contributed by atoms with Crippen LogP contribution in [0.2, 0.25) is 0 Å². The lowest BCUT2D eigenvalue weighted by Crippen LogP contribution is -2.17. The van der Waals surface area contributed by atoms with Gasteiger partial charge >= 0.3 is 18.0 Å². The van der Waals surface area contributed by atoms with Gasteiger partial charge in [0.2, 0.25) is 0 Å². The van der Waals surface area contributed by atoms with Crippen LogP contribution in [-0.2, 0) is 0 Å². The summed E-state index contributed by atoms with van der Waals surface area (Å²) < 4.78 is 50.3. The Hall–Kier alpha value is -3.29. The molecule has 0 saturated heterocycles. The molecule has 26 heavy (non-hydrogen) atoms. The molecule has 3 aromatic rings. The van der Waals surface area contributed by atoms with Crippen molar-refractivity contribution >= 4 is 16.9 Å². The number of hydrogen-bond donors (Lipinski definition) is 0. The Morgan fingerprint density at radius 2 is 1.65 bits per heavy atom. The molecule has 0 N–H and O–H groups in total. The molecule has 0 aliphatic carbocycles. The molecule has 2 aromatic carbocycles. The molecule has 0 radical (unpaired) electrons. The largest absolute Gasteiger partial charge is 0.573 e. The van der Waals surface area contributed by atoms with E-state index in [9.17, 15) is 22.8 Å². The van der Waals surface area contributed by atoms with Crippen LogP contribution in [-0.4, -0.2) is 12.3 Å². The molecule has 0 atom stereocenters. The number of alkyl halides is 3. The first-order chi connectivity index (χ1) is 12.2. The summed E-state index contributed by atoms with van der Waals surface area (Å²) in [6, 6.07) is 10.2. The lowest BCUT2D eigenvalue weighted by molar-refractivity contribution is -0.274. The fraction of sp³-hybridized carbons (Fsp3) is 0.111. The SMILES string of the molecule is Cc1cc(=O)oc2cc(OC(=O)c3ccc(OC(F)(F)F)cc3)ccc12. The molecule has 1 aromatic heterocycles. The summed E-state index contributed by atoms with van der Waals surface area (Å²) in [6.07, 6.45) is -4.81. The third-order valence-electron chi connectivity index (χ3n) is 3.46. The van der Waals surface area contributed by atoms with Crippen LogP contribution >= 0.6 is 0 Å². The Morgan fingerprint density at radius 1 is 1.00 bits per heavy atom. The number of esters is 1. The van der Waals surface area contributed by atoms with Crippen molar-refractivity contribution in [3.63, 3.8) is 0 Å². The molecule has 0 saturated carbocycles. The topological polar surface area (TPSA) is 65.7 Å². The van der Waals surface area contributed by atoms with E-state index >= 15 is 0 Å². The highest BCUT2D eigenvalue weighted by Gasteiger charge is 2.31. The van der Waals surface area contributed by atoms with Crippen LogP contribution in [0.3, 0.4) is 0 Å². The van der Waals surface area contributed by atoms with Gasteiger partial charge in [-0.15, -0.1) is 13.2 Å². The average molecular weight is 364 g/mol. The Balaban J connectivity index is 1.79. The summed E-state index contributed by atoms with van der Waals surface area (Å²) in [6.45, 7) is 1.75. The molecule has 5 nitrogen and oxygen atoms in total. The molecule has 0 spiro atoms. The van der Waals surface area contributed by atoms with Crippen LogP contribution in [0.25, 0.3) is 11.0 Å². The number of aryl methyl sites for hydroxylation is 1. The Morgan fingerprint density at radius 3 is 2.31 bits per heavy atom. The van der Waals surface area contributed by atoms with Gasteiger partial charge in [0.25, 0.3) is 0 Å². The van der Waals surface area contributed by atoms with Gasteiger partial charge in [0.05, 0.1) is 5.56 Å². The molecule has 1 heterocycles. The van der Waals surface area contributed by atoms with Gasteiger partial charge < -0.3 is 13.9 Å². The van der Waals surface area contributed by atoms with Gasteiger partial charge in [0.1, 0.15) is 17.1 Å². The van der Waals surface area contributed by atoms with Crippen molar-refractivity contribution in [2.45, 2.75) is 13.3 Å². The van der Waals surface area contributed by atoms with E-state index in [1.165, 1.54) is 18.2 Å². The van der Waals surface area contributed by atoms with Crippen LogP contribution < -0.4 is 15.1 Å². The van der Waals surface area contributed by atoms with Gasteiger partial charge in [-0.1, -0.05) is 0 Å². The second kappa shape index (κ2) is 6.55. The number of carbonyl (C=O) groups is 1. The highest BCUT2D eigenvalue weighted by atomic mass is 19.4. The number of carbonyl (C=O) groups excluding carboxylic acids is 1. The van der Waals surface area contributed by atoms with E-state index in [4.69, 9.17) is 9.15 Å². The molecule has 0 unspecified atom stereocenters. The van der Waals surface area contributed by atoms with Crippen molar-refractivity contribution in [2.75, 3.05) is 0 Å². The second-order valence-corrected chi connectivity index (χ2v) is 5.37. The lowest BCUT2D eigenvalue weighted by atomic mass is 10.1. The van der Waals surface area contributed by atoms with Crippen molar-refractivity contribution in [3.8, 4) is 11.5 Å². The van der Waals surface area contributed by atoms with E-state index in [1.54, 1.807) is 13.0 Å². The highest BCUT2D eigenvalue weighted by Crippen LogP contribution is 2.25. The number of rotatable bonds is 3. The fourth-order valence-corrected chi connectivity index (χ4v) is 2.33. The minimum Gasteiger partial charge on any atom is -0.423 e. The number of halogens is 3. The molecule has 134 valence electrons. The lowest BCUT2D eigenvalue weighted by Gasteiger charge is -2.09. The summed E-state index contributed by atoms with van der Waals surface area (Å²) in [4.78, 5) is 23.5. The molecule has 0 aliphatic heterocycles. The predicted octanol–water partition coefficient (Wildman–Crippen LogP) is 4.22. The summed E-state index contributed by atoms with van der Waals surface area (Å²) >= 11 is 0. The predicted molar refractivity (Wildman–Crippen MR) is 85.3 cm³/mol. The minimum atomic E-state index is -4.81. The summed E-state index contributed by atoms with van der Waals surface area (Å²) in [5.41, 5.74) is 0.479. The van der Waals surface area contributed by atoms with Crippen molar-refractivity contribution < 1.29 is 31.9 Å². The highest BCUT2D eigenvalue weighted by molar-refractivity contribution is 5.92. The third-order valence-corrected chi connectivity index (χ3v) is 3.46. The van der Waals surface area contributed by atoms with Gasteiger partial charge in [0.15, 0.2) is 0 Å². The molecule has 0 fully saturated rings. The fourth-order valence-electron chi connectivity index (χ4n) is 2.33. The van der Waals surface area contributed by atoms with E-state index in [2.05, 4.69) is 4.74 Å². The number of ether oxygens (including phenoxy) is 2. The van der Waals surface area contributed by atoms with E-state index in [-0.39, 0.29) is 16.9 Å². The van der Waals surface area contributed by atoms with Crippen molar-refractivity contribution in [2.24, 2.45) is 0 Å². The molecule has 0 bridgehead atoms. The van der Waals surface area contributed by atoms with E-state index < -0.39 is 23.7 Å². The maximum atomic E-state index is 12.1.